The molecule has 0 aromatic carbocycles. The molecule has 2 rings (SSSR count). The van der Waals surface area contributed by atoms with Gasteiger partial charge in [0.15, 0.2) is 0 Å². The van der Waals surface area contributed by atoms with E-state index in [-0.39, 0.29) is 0 Å². The van der Waals surface area contributed by atoms with Crippen molar-refractivity contribution in [3.8, 4) is 0 Å². The van der Waals surface area contributed by atoms with Crippen LogP contribution in [-0.4, -0.2) is 10.2 Å². The van der Waals surface area contributed by atoms with Gasteiger partial charge in [0.05, 0.1) is 6.20 Å². The lowest BCUT2D eigenvalue weighted by Gasteiger charge is -1.84. The van der Waals surface area contributed by atoms with Crippen LogP contribution in [0.1, 0.15) is 18.7 Å². The van der Waals surface area contributed by atoms with E-state index in [0.717, 1.165) is 5.52 Å². The molecule has 0 fully saturated rings. The third kappa shape index (κ3) is 1.61. The molecule has 0 unspecified atom stereocenters. The predicted octanol–water partition coefficient (Wildman–Crippen LogP) is 3.03. The van der Waals surface area contributed by atoms with Crippen molar-refractivity contribution >= 4 is 22.2 Å². The van der Waals surface area contributed by atoms with E-state index >= 15 is 0 Å². The second kappa shape index (κ2) is 4.16. The standard InChI is InChI=1S/C7H6N2S.C2H6/c1-5-7-6(4-10-5)2-3-8-9-7;1-2/h2-4H,1H3;1-2H3. The first-order valence-corrected chi connectivity index (χ1v) is 4.91. The molecule has 0 aliphatic rings. The minimum atomic E-state index is 1.03. The largest absolute Gasteiger partial charge is 0.158 e. The summed E-state index contributed by atoms with van der Waals surface area (Å²) in [4.78, 5) is 1.24. The van der Waals surface area contributed by atoms with Gasteiger partial charge in [0.25, 0.3) is 0 Å². The average Bonchev–Trinajstić information content (AvgIpc) is 2.53. The number of rotatable bonds is 0. The predicted molar refractivity (Wildman–Crippen MR) is 53.5 cm³/mol. The molecule has 0 aliphatic heterocycles. The van der Waals surface area contributed by atoms with Gasteiger partial charge in [-0.15, -0.1) is 16.4 Å². The molecule has 0 spiro atoms. The molecule has 0 atom stereocenters. The molecule has 3 heteroatoms. The van der Waals surface area contributed by atoms with Gasteiger partial charge in [-0.2, -0.15) is 5.10 Å². The first kappa shape index (κ1) is 9.13. The number of thiophene rings is 1. The molecule has 2 aromatic heterocycles. The number of aryl methyl sites for hydroxylation is 1. The van der Waals surface area contributed by atoms with Crippen molar-refractivity contribution in [2.45, 2.75) is 20.8 Å². The SMILES string of the molecule is CC.Cc1scc2ccnnc12. The number of fused-ring (bicyclic) bond motifs is 1. The zero-order chi connectivity index (χ0) is 8.97. The van der Waals surface area contributed by atoms with Crippen LogP contribution in [0.2, 0.25) is 0 Å². The fourth-order valence-corrected chi connectivity index (χ4v) is 1.68. The molecular formula is C9H12N2S. The molecule has 0 amide bonds. The number of nitrogens with zero attached hydrogens (tertiary/aromatic N) is 2. The van der Waals surface area contributed by atoms with E-state index in [1.807, 2.05) is 19.9 Å². The normalized spacial score (nSPS) is 9.25. The first-order valence-electron chi connectivity index (χ1n) is 4.03. The minimum Gasteiger partial charge on any atom is -0.158 e. The summed E-state index contributed by atoms with van der Waals surface area (Å²) in [6.07, 6.45) is 1.72. The zero-order valence-electron chi connectivity index (χ0n) is 7.53. The highest BCUT2D eigenvalue weighted by Gasteiger charge is 1.98. The Morgan fingerprint density at radius 2 is 2.08 bits per heavy atom. The zero-order valence-corrected chi connectivity index (χ0v) is 8.35. The molecule has 0 saturated heterocycles. The van der Waals surface area contributed by atoms with E-state index in [0.29, 0.717) is 0 Å². The van der Waals surface area contributed by atoms with Crippen LogP contribution in [0.25, 0.3) is 10.9 Å². The van der Waals surface area contributed by atoms with Crippen LogP contribution in [0.3, 0.4) is 0 Å². The van der Waals surface area contributed by atoms with Gasteiger partial charge in [-0.25, -0.2) is 0 Å². The molecule has 2 nitrogen and oxygen atoms in total. The number of hydrogen-bond acceptors (Lipinski definition) is 3. The Morgan fingerprint density at radius 3 is 2.75 bits per heavy atom. The van der Waals surface area contributed by atoms with Gasteiger partial charge >= 0.3 is 0 Å². The molecule has 0 aliphatic carbocycles. The van der Waals surface area contributed by atoms with Gasteiger partial charge in [0.2, 0.25) is 0 Å². The van der Waals surface area contributed by atoms with Crippen LogP contribution in [0, 0.1) is 6.92 Å². The van der Waals surface area contributed by atoms with E-state index in [1.54, 1.807) is 17.5 Å². The van der Waals surface area contributed by atoms with Crippen molar-refractivity contribution in [1.82, 2.24) is 10.2 Å². The van der Waals surface area contributed by atoms with E-state index in [1.165, 1.54) is 10.3 Å². The minimum absolute atomic E-state index is 1.03. The summed E-state index contributed by atoms with van der Waals surface area (Å²) in [6, 6.07) is 1.98. The number of aromatic nitrogens is 2. The maximum absolute atomic E-state index is 4.00. The van der Waals surface area contributed by atoms with Crippen molar-refractivity contribution in [1.29, 1.82) is 0 Å². The van der Waals surface area contributed by atoms with E-state index in [2.05, 4.69) is 22.5 Å². The topological polar surface area (TPSA) is 25.8 Å². The Kier molecular flexibility index (Phi) is 3.17. The molecule has 0 saturated carbocycles. The Hall–Kier alpha value is -0.960. The second-order valence-corrected chi connectivity index (χ2v) is 3.21. The quantitative estimate of drug-likeness (QED) is 0.622. The van der Waals surface area contributed by atoms with Gasteiger partial charge in [-0.1, -0.05) is 13.8 Å². The summed E-state index contributed by atoms with van der Waals surface area (Å²) in [6.45, 7) is 6.06. The molecule has 0 bridgehead atoms. The third-order valence-corrected chi connectivity index (χ3v) is 2.37. The summed E-state index contributed by atoms with van der Waals surface area (Å²) in [5.74, 6) is 0. The van der Waals surface area contributed by atoms with Gasteiger partial charge in [-0.3, -0.25) is 0 Å². The van der Waals surface area contributed by atoms with Crippen LogP contribution >= 0.6 is 11.3 Å². The molecule has 0 radical (unpaired) electrons. The summed E-state index contributed by atoms with van der Waals surface area (Å²) in [5, 5.41) is 11.1. The highest BCUT2D eigenvalue weighted by Crippen LogP contribution is 2.20. The van der Waals surface area contributed by atoms with Gasteiger partial charge < -0.3 is 0 Å². The van der Waals surface area contributed by atoms with Crippen LogP contribution < -0.4 is 0 Å². The molecule has 2 heterocycles. The van der Waals surface area contributed by atoms with Crippen molar-refractivity contribution in [2.75, 3.05) is 0 Å². The maximum Gasteiger partial charge on any atom is 0.107 e. The molecule has 0 N–H and O–H groups in total. The van der Waals surface area contributed by atoms with E-state index in [9.17, 15) is 0 Å². The van der Waals surface area contributed by atoms with Crippen LogP contribution in [0.5, 0.6) is 0 Å². The van der Waals surface area contributed by atoms with Crippen molar-refractivity contribution < 1.29 is 0 Å². The Morgan fingerprint density at radius 1 is 1.33 bits per heavy atom. The highest BCUT2D eigenvalue weighted by atomic mass is 32.1. The van der Waals surface area contributed by atoms with Gasteiger partial charge in [0, 0.05) is 15.6 Å². The van der Waals surface area contributed by atoms with E-state index in [4.69, 9.17) is 0 Å². The lowest BCUT2D eigenvalue weighted by molar-refractivity contribution is 1.07. The smallest absolute Gasteiger partial charge is 0.107 e. The fraction of sp³-hybridized carbons (Fsp3) is 0.333. The Bertz CT molecular complexity index is 354. The molecule has 64 valence electrons. The van der Waals surface area contributed by atoms with Crippen molar-refractivity contribution in [2.24, 2.45) is 0 Å². The monoisotopic (exact) mass is 180 g/mol. The fourth-order valence-electron chi connectivity index (χ4n) is 0.918. The lowest BCUT2D eigenvalue weighted by atomic mass is 10.3. The molecular weight excluding hydrogens is 168 g/mol. The maximum atomic E-state index is 4.00. The molecule has 12 heavy (non-hydrogen) atoms. The summed E-state index contributed by atoms with van der Waals surface area (Å²) < 4.78 is 0. The number of hydrogen-bond donors (Lipinski definition) is 0. The Balaban J connectivity index is 0.000000336. The van der Waals surface area contributed by atoms with Crippen LogP contribution in [-0.2, 0) is 0 Å². The van der Waals surface area contributed by atoms with Crippen LogP contribution in [0.15, 0.2) is 17.6 Å². The second-order valence-electron chi connectivity index (χ2n) is 2.13. The average molecular weight is 180 g/mol. The summed E-state index contributed by atoms with van der Waals surface area (Å²) >= 11 is 1.72. The Labute approximate surface area is 76.3 Å². The summed E-state index contributed by atoms with van der Waals surface area (Å²) in [5.41, 5.74) is 1.03. The third-order valence-electron chi connectivity index (χ3n) is 1.45. The highest BCUT2D eigenvalue weighted by molar-refractivity contribution is 7.11. The van der Waals surface area contributed by atoms with Gasteiger partial charge in [-0.05, 0) is 13.0 Å². The van der Waals surface area contributed by atoms with E-state index < -0.39 is 0 Å². The lowest BCUT2D eigenvalue weighted by Crippen LogP contribution is -1.78. The first-order chi connectivity index (χ1) is 5.88. The van der Waals surface area contributed by atoms with Crippen molar-refractivity contribution in [3.05, 3.63) is 22.5 Å². The van der Waals surface area contributed by atoms with Crippen molar-refractivity contribution in [3.63, 3.8) is 0 Å². The summed E-state index contributed by atoms with van der Waals surface area (Å²) in [7, 11) is 0. The van der Waals surface area contributed by atoms with Gasteiger partial charge in [0.1, 0.15) is 5.52 Å². The molecule has 2 aromatic rings. The van der Waals surface area contributed by atoms with Crippen LogP contribution in [0.4, 0.5) is 0 Å².